The van der Waals surface area contributed by atoms with Crippen molar-refractivity contribution >= 4 is 21.6 Å². The number of hydrogen-bond acceptors (Lipinski definition) is 2. The molecule has 0 amide bonds. The number of aryl methyl sites for hydroxylation is 1. The third-order valence-electron chi connectivity index (χ3n) is 3.20. The highest BCUT2D eigenvalue weighted by molar-refractivity contribution is 7.89. The minimum absolute atomic E-state index is 0.146. The van der Waals surface area contributed by atoms with Gasteiger partial charge in [0, 0.05) is 11.9 Å². The molecule has 0 heterocycles. The minimum atomic E-state index is -3.44. The molecule has 0 aliphatic heterocycles. The van der Waals surface area contributed by atoms with Crippen LogP contribution in [0.2, 0.25) is 0 Å². The summed E-state index contributed by atoms with van der Waals surface area (Å²) in [6.45, 7) is 4.37. The van der Waals surface area contributed by atoms with Crippen molar-refractivity contribution in [2.24, 2.45) is 0 Å². The molecular weight excluding hydrogens is 294 g/mol. The summed E-state index contributed by atoms with van der Waals surface area (Å²) in [6, 6.07) is 6.80. The molecule has 0 fully saturated rings. The van der Waals surface area contributed by atoms with Gasteiger partial charge in [-0.2, -0.15) is 0 Å². The number of nitrogens with one attached hydrogen (secondary N) is 1. The van der Waals surface area contributed by atoms with Crippen LogP contribution in [0.15, 0.2) is 29.2 Å². The molecule has 5 heteroatoms. The number of unbranched alkanes of at least 4 members (excludes halogenated alkanes) is 3. The van der Waals surface area contributed by atoms with Gasteiger partial charge < -0.3 is 0 Å². The van der Waals surface area contributed by atoms with Gasteiger partial charge in [-0.25, -0.2) is 13.1 Å². The molecule has 0 saturated heterocycles. The van der Waals surface area contributed by atoms with Crippen molar-refractivity contribution in [2.75, 3.05) is 6.54 Å². The monoisotopic (exact) mass is 317 g/mol. The molecule has 1 N–H and O–H groups in total. The second-order valence-corrected chi connectivity index (χ2v) is 7.50. The maximum atomic E-state index is 12.1. The van der Waals surface area contributed by atoms with E-state index in [9.17, 15) is 8.42 Å². The SMILES string of the molecule is CCCCCCC(Cl)CNS(=O)(=O)c1ccc(C)cc1. The van der Waals surface area contributed by atoms with Gasteiger partial charge in [0.25, 0.3) is 0 Å². The molecule has 0 saturated carbocycles. The molecular formula is C15H24ClNO2S. The van der Waals surface area contributed by atoms with Crippen molar-refractivity contribution in [3.8, 4) is 0 Å². The van der Waals surface area contributed by atoms with E-state index in [0.29, 0.717) is 0 Å². The first-order valence-corrected chi connectivity index (χ1v) is 9.08. The first kappa shape index (κ1) is 17.5. The van der Waals surface area contributed by atoms with Gasteiger partial charge in [0.1, 0.15) is 0 Å². The molecule has 0 aromatic heterocycles. The average Bonchev–Trinajstić information content (AvgIpc) is 2.42. The van der Waals surface area contributed by atoms with Crippen LogP contribution in [-0.4, -0.2) is 20.3 Å². The Morgan fingerprint density at radius 2 is 1.80 bits per heavy atom. The van der Waals surface area contributed by atoms with E-state index in [1.165, 1.54) is 12.8 Å². The quantitative estimate of drug-likeness (QED) is 0.555. The summed E-state index contributed by atoms with van der Waals surface area (Å²) < 4.78 is 26.7. The van der Waals surface area contributed by atoms with E-state index in [-0.39, 0.29) is 16.8 Å². The Morgan fingerprint density at radius 3 is 2.40 bits per heavy atom. The Hall–Kier alpha value is -0.580. The van der Waals surface area contributed by atoms with Crippen molar-refractivity contribution in [3.63, 3.8) is 0 Å². The minimum Gasteiger partial charge on any atom is -0.210 e. The van der Waals surface area contributed by atoms with Gasteiger partial charge in [-0.3, -0.25) is 0 Å². The smallest absolute Gasteiger partial charge is 0.210 e. The third-order valence-corrected chi connectivity index (χ3v) is 5.01. The van der Waals surface area contributed by atoms with Crippen molar-refractivity contribution < 1.29 is 8.42 Å². The lowest BCUT2D eigenvalue weighted by atomic mass is 10.1. The summed E-state index contributed by atoms with van der Waals surface area (Å²) in [7, 11) is -3.44. The summed E-state index contributed by atoms with van der Waals surface area (Å²) in [4.78, 5) is 0.290. The Morgan fingerprint density at radius 1 is 1.15 bits per heavy atom. The fourth-order valence-corrected chi connectivity index (χ4v) is 3.30. The summed E-state index contributed by atoms with van der Waals surface area (Å²) in [5.74, 6) is 0. The van der Waals surface area contributed by atoms with Crippen LogP contribution in [0, 0.1) is 6.92 Å². The maximum Gasteiger partial charge on any atom is 0.240 e. The van der Waals surface area contributed by atoms with E-state index in [2.05, 4.69) is 11.6 Å². The Bertz CT molecular complexity index is 485. The number of hydrogen-bond donors (Lipinski definition) is 1. The lowest BCUT2D eigenvalue weighted by molar-refractivity contribution is 0.569. The van der Waals surface area contributed by atoms with Gasteiger partial charge in [0.2, 0.25) is 10.0 Å². The Balaban J connectivity index is 2.41. The van der Waals surface area contributed by atoms with Gasteiger partial charge in [-0.1, -0.05) is 50.3 Å². The molecule has 20 heavy (non-hydrogen) atoms. The topological polar surface area (TPSA) is 46.2 Å². The van der Waals surface area contributed by atoms with Crippen LogP contribution >= 0.6 is 11.6 Å². The molecule has 1 atom stereocenters. The van der Waals surface area contributed by atoms with E-state index >= 15 is 0 Å². The molecule has 1 unspecified atom stereocenters. The predicted molar refractivity (Wildman–Crippen MR) is 84.8 cm³/mol. The summed E-state index contributed by atoms with van der Waals surface area (Å²) in [5, 5.41) is -0.146. The van der Waals surface area contributed by atoms with Crippen molar-refractivity contribution in [2.45, 2.75) is 56.2 Å². The molecule has 114 valence electrons. The molecule has 1 aromatic rings. The lowest BCUT2D eigenvalue weighted by Crippen LogP contribution is -2.29. The zero-order chi connectivity index (χ0) is 15.0. The van der Waals surface area contributed by atoms with Crippen LogP contribution in [0.5, 0.6) is 0 Å². The second-order valence-electron chi connectivity index (χ2n) is 5.11. The molecule has 1 rings (SSSR count). The van der Waals surface area contributed by atoms with Crippen LogP contribution in [0.25, 0.3) is 0 Å². The highest BCUT2D eigenvalue weighted by Crippen LogP contribution is 2.12. The van der Waals surface area contributed by atoms with Crippen molar-refractivity contribution in [1.82, 2.24) is 4.72 Å². The zero-order valence-corrected chi connectivity index (χ0v) is 13.8. The first-order valence-electron chi connectivity index (χ1n) is 7.16. The number of halogens is 1. The molecule has 0 bridgehead atoms. The van der Waals surface area contributed by atoms with Gasteiger partial charge in [0.05, 0.1) is 4.90 Å². The molecule has 3 nitrogen and oxygen atoms in total. The molecule has 1 aromatic carbocycles. The number of rotatable bonds is 9. The summed E-state index contributed by atoms with van der Waals surface area (Å²) in [5.41, 5.74) is 1.04. The average molecular weight is 318 g/mol. The third kappa shape index (κ3) is 6.25. The van der Waals surface area contributed by atoms with Crippen LogP contribution in [0.3, 0.4) is 0 Å². The number of sulfonamides is 1. The van der Waals surface area contributed by atoms with E-state index in [0.717, 1.165) is 24.8 Å². The Kier molecular flexibility index (Phi) is 7.56. The molecule has 0 spiro atoms. The maximum absolute atomic E-state index is 12.1. The van der Waals surface area contributed by atoms with Gasteiger partial charge in [0.15, 0.2) is 0 Å². The van der Waals surface area contributed by atoms with Crippen LogP contribution in [0.1, 0.15) is 44.6 Å². The van der Waals surface area contributed by atoms with Gasteiger partial charge >= 0.3 is 0 Å². The fraction of sp³-hybridized carbons (Fsp3) is 0.600. The van der Waals surface area contributed by atoms with Crippen LogP contribution in [0.4, 0.5) is 0 Å². The lowest BCUT2D eigenvalue weighted by Gasteiger charge is -2.11. The number of alkyl halides is 1. The summed E-state index contributed by atoms with van der Waals surface area (Å²) >= 11 is 6.15. The second kappa shape index (κ2) is 8.65. The molecule has 0 aliphatic rings. The first-order chi connectivity index (χ1) is 9.45. The van der Waals surface area contributed by atoms with Gasteiger partial charge in [-0.15, -0.1) is 11.6 Å². The van der Waals surface area contributed by atoms with Crippen LogP contribution in [-0.2, 0) is 10.0 Å². The Labute approximate surface area is 127 Å². The molecule has 0 aliphatic carbocycles. The van der Waals surface area contributed by atoms with E-state index < -0.39 is 10.0 Å². The summed E-state index contributed by atoms with van der Waals surface area (Å²) in [6.07, 6.45) is 5.45. The predicted octanol–water partition coefficient (Wildman–Crippen LogP) is 3.85. The van der Waals surface area contributed by atoms with Crippen molar-refractivity contribution in [3.05, 3.63) is 29.8 Å². The number of benzene rings is 1. The van der Waals surface area contributed by atoms with Gasteiger partial charge in [-0.05, 0) is 25.5 Å². The van der Waals surface area contributed by atoms with E-state index in [4.69, 9.17) is 11.6 Å². The highest BCUT2D eigenvalue weighted by atomic mass is 35.5. The van der Waals surface area contributed by atoms with Crippen molar-refractivity contribution in [1.29, 1.82) is 0 Å². The van der Waals surface area contributed by atoms with Crippen LogP contribution < -0.4 is 4.72 Å². The zero-order valence-electron chi connectivity index (χ0n) is 12.2. The van der Waals surface area contributed by atoms with E-state index in [1.807, 2.05) is 6.92 Å². The van der Waals surface area contributed by atoms with E-state index in [1.54, 1.807) is 24.3 Å². The normalized spacial score (nSPS) is 13.3. The standard InChI is InChI=1S/C15H24ClNO2S/c1-3-4-5-6-7-14(16)12-17-20(18,19)15-10-8-13(2)9-11-15/h8-11,14,17H,3-7,12H2,1-2H3. The highest BCUT2D eigenvalue weighted by Gasteiger charge is 2.15. The fourth-order valence-electron chi connectivity index (χ4n) is 1.90. The molecule has 0 radical (unpaired) electrons. The largest absolute Gasteiger partial charge is 0.240 e.